The number of esters is 1. The largest absolute Gasteiger partial charge is 0.507 e. The van der Waals surface area contributed by atoms with E-state index in [0.717, 1.165) is 37.7 Å². The van der Waals surface area contributed by atoms with Gasteiger partial charge in [0.15, 0.2) is 17.1 Å². The van der Waals surface area contributed by atoms with Gasteiger partial charge in [0, 0.05) is 17.9 Å². The number of hydrogen-bond donors (Lipinski definition) is 1. The molecule has 0 aromatic heterocycles. The van der Waals surface area contributed by atoms with Gasteiger partial charge in [-0.1, -0.05) is 79.9 Å². The highest BCUT2D eigenvalue weighted by molar-refractivity contribution is 6.20. The van der Waals surface area contributed by atoms with E-state index in [1.54, 1.807) is 0 Å². The first-order valence-corrected chi connectivity index (χ1v) is 10.4. The Bertz CT molecular complexity index is 910. The van der Waals surface area contributed by atoms with Crippen LogP contribution < -0.4 is 0 Å². The molecule has 1 fully saturated rings. The number of aliphatic hydroxyl groups excluding tert-OH is 1. The Morgan fingerprint density at radius 1 is 0.966 bits per heavy atom. The van der Waals surface area contributed by atoms with Gasteiger partial charge < -0.3 is 9.84 Å². The van der Waals surface area contributed by atoms with Gasteiger partial charge in [0.2, 0.25) is 0 Å². The number of aryl methyl sites for hydroxylation is 1. The number of Topliss-reactive ketones (excluding diaryl/α,β-unsaturated/α-hetero) is 1. The molecule has 2 aromatic rings. The summed E-state index contributed by atoms with van der Waals surface area (Å²) >= 11 is 0. The lowest BCUT2D eigenvalue weighted by molar-refractivity contribution is -0.150. The molecule has 1 aliphatic heterocycles. The van der Waals surface area contributed by atoms with Gasteiger partial charge in [-0.25, -0.2) is 4.79 Å². The normalized spacial score (nSPS) is 22.6. The van der Waals surface area contributed by atoms with Crippen LogP contribution in [0.1, 0.15) is 49.7 Å². The van der Waals surface area contributed by atoms with Crippen LogP contribution in [-0.2, 0) is 26.3 Å². The molecule has 0 bridgehead atoms. The molecule has 4 rings (SSSR count). The Hall–Kier alpha value is -2.88. The van der Waals surface area contributed by atoms with Crippen LogP contribution in [-0.4, -0.2) is 16.9 Å². The molecule has 1 atom stereocenters. The van der Waals surface area contributed by atoms with Crippen LogP contribution in [0.5, 0.6) is 0 Å². The highest BCUT2D eigenvalue weighted by Gasteiger charge is 2.52. The molecule has 4 heteroatoms. The summed E-state index contributed by atoms with van der Waals surface area (Å²) in [5, 5.41) is 11.2. The summed E-state index contributed by atoms with van der Waals surface area (Å²) in [6, 6.07) is 19.1. The van der Waals surface area contributed by atoms with E-state index in [4.69, 9.17) is 4.74 Å². The van der Waals surface area contributed by atoms with Gasteiger partial charge >= 0.3 is 5.97 Å². The summed E-state index contributed by atoms with van der Waals surface area (Å²) in [6.07, 6.45) is 5.60. The first kappa shape index (κ1) is 19.4. The summed E-state index contributed by atoms with van der Waals surface area (Å²) in [7, 11) is 0. The summed E-state index contributed by atoms with van der Waals surface area (Å²) in [6.45, 7) is 0. The van der Waals surface area contributed by atoms with Gasteiger partial charge in [0.05, 0.1) is 0 Å². The van der Waals surface area contributed by atoms with Crippen LogP contribution in [0.3, 0.4) is 0 Å². The summed E-state index contributed by atoms with van der Waals surface area (Å²) in [5.41, 5.74) is 0.314. The van der Waals surface area contributed by atoms with E-state index >= 15 is 0 Å². The molecule has 1 heterocycles. The van der Waals surface area contributed by atoms with E-state index in [-0.39, 0.29) is 23.0 Å². The van der Waals surface area contributed by atoms with Crippen LogP contribution in [0, 0.1) is 5.92 Å². The van der Waals surface area contributed by atoms with Crippen molar-refractivity contribution < 1.29 is 19.4 Å². The number of carbonyl (C=O) groups excluding carboxylic acids is 2. The zero-order chi connectivity index (χ0) is 20.3. The molecule has 0 saturated heterocycles. The molecule has 0 spiro atoms. The smallest absolute Gasteiger partial charge is 0.346 e. The van der Waals surface area contributed by atoms with E-state index in [1.807, 2.05) is 60.7 Å². The van der Waals surface area contributed by atoms with Gasteiger partial charge in [-0.2, -0.15) is 0 Å². The average molecular weight is 390 g/mol. The van der Waals surface area contributed by atoms with E-state index in [9.17, 15) is 14.7 Å². The standard InChI is InChI=1S/C25H26O4/c26-22(19-12-6-2-7-13-19)21-23(27)25(29-24(21)28,20-14-8-3-9-15-20)17-16-18-10-4-1-5-11-18/h1,3-5,8-11,14-15,19,27H,2,6-7,12-13,16-17H2. The van der Waals surface area contributed by atoms with Gasteiger partial charge in [0.25, 0.3) is 0 Å². The van der Waals surface area contributed by atoms with Crippen molar-refractivity contribution in [3.63, 3.8) is 0 Å². The number of carbonyl (C=O) groups is 2. The molecule has 1 N–H and O–H groups in total. The molecule has 1 aliphatic carbocycles. The Morgan fingerprint density at radius 2 is 1.59 bits per heavy atom. The molecule has 2 aliphatic rings. The van der Waals surface area contributed by atoms with Gasteiger partial charge in [0.1, 0.15) is 5.57 Å². The lowest BCUT2D eigenvalue weighted by Gasteiger charge is -2.29. The van der Waals surface area contributed by atoms with Crippen molar-refractivity contribution >= 4 is 11.8 Å². The maximum atomic E-state index is 13.1. The zero-order valence-corrected chi connectivity index (χ0v) is 16.5. The number of hydrogen-bond acceptors (Lipinski definition) is 4. The number of rotatable bonds is 6. The predicted molar refractivity (Wildman–Crippen MR) is 110 cm³/mol. The third-order valence-corrected chi connectivity index (χ3v) is 6.16. The van der Waals surface area contributed by atoms with Crippen LogP contribution >= 0.6 is 0 Å². The van der Waals surface area contributed by atoms with Gasteiger partial charge in [-0.05, 0) is 24.8 Å². The van der Waals surface area contributed by atoms with E-state index in [0.29, 0.717) is 18.4 Å². The first-order valence-electron chi connectivity index (χ1n) is 10.4. The van der Waals surface area contributed by atoms with Crippen LogP contribution in [0.15, 0.2) is 72.0 Å². The van der Waals surface area contributed by atoms with E-state index in [2.05, 4.69) is 0 Å². The second kappa shape index (κ2) is 8.24. The van der Waals surface area contributed by atoms with Crippen molar-refractivity contribution in [2.24, 2.45) is 5.92 Å². The maximum absolute atomic E-state index is 13.1. The fourth-order valence-corrected chi connectivity index (χ4v) is 4.52. The fraction of sp³-hybridized carbons (Fsp3) is 0.360. The summed E-state index contributed by atoms with van der Waals surface area (Å²) in [4.78, 5) is 25.9. The Labute approximate surface area is 171 Å². The average Bonchev–Trinajstić information content (AvgIpc) is 3.04. The molecule has 29 heavy (non-hydrogen) atoms. The highest BCUT2D eigenvalue weighted by Crippen LogP contribution is 2.45. The number of benzene rings is 2. The number of ether oxygens (including phenoxy) is 1. The van der Waals surface area contributed by atoms with Crippen molar-refractivity contribution in [3.8, 4) is 0 Å². The quantitative estimate of drug-likeness (QED) is 0.555. The van der Waals surface area contributed by atoms with Gasteiger partial charge in [-0.15, -0.1) is 0 Å². The van der Waals surface area contributed by atoms with Crippen molar-refractivity contribution in [1.82, 2.24) is 0 Å². The molecule has 4 nitrogen and oxygen atoms in total. The second-order valence-electron chi connectivity index (χ2n) is 7.99. The SMILES string of the molecule is O=C1OC(CCc2ccccc2)(c2ccccc2)C(O)=C1C(=O)C1CCCCC1. The summed E-state index contributed by atoms with van der Waals surface area (Å²) < 4.78 is 5.81. The number of aliphatic hydroxyl groups is 1. The minimum Gasteiger partial charge on any atom is -0.507 e. The topological polar surface area (TPSA) is 63.6 Å². The highest BCUT2D eigenvalue weighted by atomic mass is 16.6. The second-order valence-corrected chi connectivity index (χ2v) is 7.99. The van der Waals surface area contributed by atoms with Crippen molar-refractivity contribution in [2.45, 2.75) is 50.5 Å². The maximum Gasteiger partial charge on any atom is 0.346 e. The monoisotopic (exact) mass is 390 g/mol. The molecule has 1 unspecified atom stereocenters. The van der Waals surface area contributed by atoms with Crippen molar-refractivity contribution in [2.75, 3.05) is 0 Å². The van der Waals surface area contributed by atoms with Crippen LogP contribution in [0.4, 0.5) is 0 Å². The number of cyclic esters (lactones) is 1. The third-order valence-electron chi connectivity index (χ3n) is 6.16. The molecule has 2 aromatic carbocycles. The van der Waals surface area contributed by atoms with Gasteiger partial charge in [-0.3, -0.25) is 4.79 Å². The fourth-order valence-electron chi connectivity index (χ4n) is 4.52. The zero-order valence-electron chi connectivity index (χ0n) is 16.5. The minimum atomic E-state index is -1.31. The van der Waals surface area contributed by atoms with Crippen molar-refractivity contribution in [3.05, 3.63) is 83.1 Å². The summed E-state index contributed by atoms with van der Waals surface area (Å²) in [5.74, 6) is -1.38. The van der Waals surface area contributed by atoms with Crippen LogP contribution in [0.2, 0.25) is 0 Å². The minimum absolute atomic E-state index is 0.145. The molecule has 150 valence electrons. The Morgan fingerprint density at radius 3 is 2.24 bits per heavy atom. The molecular formula is C25H26O4. The van der Waals surface area contributed by atoms with E-state index in [1.165, 1.54) is 0 Å². The Kier molecular flexibility index (Phi) is 5.52. The molecule has 1 saturated carbocycles. The predicted octanol–water partition coefficient (Wildman–Crippen LogP) is 5.03. The van der Waals surface area contributed by atoms with Crippen molar-refractivity contribution in [1.29, 1.82) is 0 Å². The third kappa shape index (κ3) is 3.71. The molecule has 0 radical (unpaired) electrons. The first-order chi connectivity index (χ1) is 14.1. The van der Waals surface area contributed by atoms with E-state index < -0.39 is 11.6 Å². The van der Waals surface area contributed by atoms with Crippen LogP contribution in [0.25, 0.3) is 0 Å². The Balaban J connectivity index is 1.71. The lowest BCUT2D eigenvalue weighted by Crippen LogP contribution is -2.30. The number of ketones is 1. The molecule has 0 amide bonds. The molecular weight excluding hydrogens is 364 g/mol. The lowest BCUT2D eigenvalue weighted by atomic mass is 9.81.